The van der Waals surface area contributed by atoms with E-state index < -0.39 is 48.4 Å². The Morgan fingerprint density at radius 3 is 2.45 bits per heavy atom. The Morgan fingerprint density at radius 1 is 0.974 bits per heavy atom. The number of carboxylic acid groups (broad SMARTS) is 1. The van der Waals surface area contributed by atoms with Gasteiger partial charge >= 0.3 is 5.97 Å². The highest BCUT2D eigenvalue weighted by Crippen LogP contribution is 2.18. The monoisotopic (exact) mass is 526 g/mol. The summed E-state index contributed by atoms with van der Waals surface area (Å²) in [7, 11) is 0. The number of imidazole rings is 1. The first kappa shape index (κ1) is 28.3. The van der Waals surface area contributed by atoms with Crippen molar-refractivity contribution in [2.75, 3.05) is 13.1 Å². The summed E-state index contributed by atoms with van der Waals surface area (Å²) in [5.41, 5.74) is 14.1. The topological polar surface area (TPSA) is 221 Å². The molecule has 0 radical (unpaired) electrons. The van der Waals surface area contributed by atoms with E-state index in [4.69, 9.17) is 16.6 Å². The van der Waals surface area contributed by atoms with Gasteiger partial charge in [-0.25, -0.2) is 4.98 Å². The molecule has 0 bridgehead atoms. The van der Waals surface area contributed by atoms with Crippen molar-refractivity contribution in [3.63, 3.8) is 0 Å². The summed E-state index contributed by atoms with van der Waals surface area (Å²) in [5, 5.41) is 17.5. The van der Waals surface area contributed by atoms with Crippen molar-refractivity contribution >= 4 is 34.6 Å². The number of carbonyl (C=O) groups excluding carboxylic acids is 3. The van der Waals surface area contributed by atoms with Gasteiger partial charge in [0.15, 0.2) is 0 Å². The number of H-pyrrole nitrogens is 2. The second-order valence-corrected chi connectivity index (χ2v) is 8.97. The van der Waals surface area contributed by atoms with E-state index in [0.717, 1.165) is 16.5 Å². The molecule has 10 N–H and O–H groups in total. The third-order valence-corrected chi connectivity index (χ3v) is 6.06. The molecule has 0 spiro atoms. The summed E-state index contributed by atoms with van der Waals surface area (Å²) in [6, 6.07) is 4.64. The van der Waals surface area contributed by atoms with E-state index in [9.17, 15) is 19.2 Å². The van der Waals surface area contributed by atoms with Gasteiger partial charge in [0, 0.05) is 35.4 Å². The Labute approximate surface area is 219 Å². The summed E-state index contributed by atoms with van der Waals surface area (Å²) in [6.07, 6.45) is 6.50. The first-order chi connectivity index (χ1) is 18.3. The molecule has 3 unspecified atom stereocenters. The molecule has 3 atom stereocenters. The van der Waals surface area contributed by atoms with Crippen LogP contribution in [0.5, 0.6) is 0 Å². The SMILES string of the molecule is NCCCCC(NC(=O)C(Cc1cnc[nH]1)NC(=O)C(N)Cc1c[nH]c2ccccc12)C(=O)NCC(=O)O. The number of carboxylic acids is 1. The van der Waals surface area contributed by atoms with Crippen LogP contribution in [-0.2, 0) is 32.0 Å². The average Bonchev–Trinajstić information content (AvgIpc) is 3.56. The van der Waals surface area contributed by atoms with Crippen LogP contribution in [0.4, 0.5) is 0 Å². The quantitative estimate of drug-likeness (QED) is 0.118. The molecule has 0 fully saturated rings. The van der Waals surface area contributed by atoms with Gasteiger partial charge in [-0.2, -0.15) is 0 Å². The highest BCUT2D eigenvalue weighted by molar-refractivity contribution is 5.94. The molecule has 38 heavy (non-hydrogen) atoms. The number of nitrogens with one attached hydrogen (secondary N) is 5. The van der Waals surface area contributed by atoms with Gasteiger partial charge in [0.05, 0.1) is 12.4 Å². The van der Waals surface area contributed by atoms with Gasteiger partial charge in [0.1, 0.15) is 18.6 Å². The first-order valence-electron chi connectivity index (χ1n) is 12.4. The molecule has 0 saturated heterocycles. The summed E-state index contributed by atoms with van der Waals surface area (Å²) < 4.78 is 0. The largest absolute Gasteiger partial charge is 0.480 e. The molecule has 0 saturated carbocycles. The van der Waals surface area contributed by atoms with E-state index in [-0.39, 0.29) is 19.3 Å². The number of rotatable bonds is 15. The molecule has 3 rings (SSSR count). The first-order valence-corrected chi connectivity index (χ1v) is 12.4. The number of nitrogens with zero attached hydrogens (tertiary/aromatic N) is 1. The lowest BCUT2D eigenvalue weighted by Crippen LogP contribution is -2.57. The summed E-state index contributed by atoms with van der Waals surface area (Å²) in [4.78, 5) is 59.8. The minimum atomic E-state index is -1.21. The van der Waals surface area contributed by atoms with E-state index in [1.165, 1.54) is 12.5 Å². The predicted molar refractivity (Wildman–Crippen MR) is 140 cm³/mol. The van der Waals surface area contributed by atoms with Crippen molar-refractivity contribution in [2.24, 2.45) is 11.5 Å². The zero-order valence-electron chi connectivity index (χ0n) is 20.9. The molecule has 13 nitrogen and oxygen atoms in total. The maximum atomic E-state index is 13.3. The average molecular weight is 527 g/mol. The molecule has 3 aromatic rings. The van der Waals surface area contributed by atoms with Gasteiger partial charge in [-0.3, -0.25) is 19.2 Å². The van der Waals surface area contributed by atoms with Gasteiger partial charge in [-0.15, -0.1) is 0 Å². The number of aromatic amines is 2. The van der Waals surface area contributed by atoms with Gasteiger partial charge in [0.2, 0.25) is 17.7 Å². The zero-order valence-corrected chi connectivity index (χ0v) is 20.9. The number of carbonyl (C=O) groups is 4. The highest BCUT2D eigenvalue weighted by atomic mass is 16.4. The molecule has 204 valence electrons. The van der Waals surface area contributed by atoms with E-state index in [2.05, 4.69) is 30.9 Å². The van der Waals surface area contributed by atoms with E-state index in [1.54, 1.807) is 6.20 Å². The van der Waals surface area contributed by atoms with Crippen LogP contribution in [0.15, 0.2) is 43.0 Å². The lowest BCUT2D eigenvalue weighted by Gasteiger charge is -2.24. The van der Waals surface area contributed by atoms with Crippen LogP contribution >= 0.6 is 0 Å². The number of benzene rings is 1. The van der Waals surface area contributed by atoms with Gasteiger partial charge in [-0.1, -0.05) is 18.2 Å². The number of nitrogens with two attached hydrogens (primary N) is 2. The van der Waals surface area contributed by atoms with Gasteiger partial charge in [-0.05, 0) is 43.9 Å². The van der Waals surface area contributed by atoms with Crippen LogP contribution in [0.25, 0.3) is 10.9 Å². The number of fused-ring (bicyclic) bond motifs is 1. The van der Waals surface area contributed by atoms with Gasteiger partial charge in [0.25, 0.3) is 0 Å². The van der Waals surface area contributed by atoms with Crippen LogP contribution in [0.1, 0.15) is 30.5 Å². The molecule has 0 aliphatic heterocycles. The third kappa shape index (κ3) is 8.15. The standard InChI is InChI=1S/C25H34N8O5/c26-8-4-3-7-20(24(37)30-13-22(34)35)32-25(38)21(10-16-12-28-14-31-16)33-23(36)18(27)9-15-11-29-19-6-2-1-5-17(15)19/h1-2,5-6,11-12,14,18,20-21,29H,3-4,7-10,13,26-27H2,(H,28,31)(H,30,37)(H,32,38)(H,33,36)(H,34,35). The Hall–Kier alpha value is -4.23. The fraction of sp³-hybridized carbons (Fsp3) is 0.400. The van der Waals surface area contributed by atoms with E-state index >= 15 is 0 Å². The Morgan fingerprint density at radius 2 is 1.74 bits per heavy atom. The molecular weight excluding hydrogens is 492 g/mol. The van der Waals surface area contributed by atoms with Crippen molar-refractivity contribution in [1.29, 1.82) is 0 Å². The predicted octanol–water partition coefficient (Wildman–Crippen LogP) is -0.697. The van der Waals surface area contributed by atoms with Crippen LogP contribution in [0, 0.1) is 0 Å². The summed E-state index contributed by atoms with van der Waals surface area (Å²) in [6.45, 7) is -0.177. The second kappa shape index (κ2) is 13.9. The minimum Gasteiger partial charge on any atom is -0.480 e. The van der Waals surface area contributed by atoms with Crippen LogP contribution in [0.3, 0.4) is 0 Å². The highest BCUT2D eigenvalue weighted by Gasteiger charge is 2.29. The number of para-hydroxylation sites is 1. The Kier molecular flexibility index (Phi) is 10.4. The van der Waals surface area contributed by atoms with Crippen LogP contribution < -0.4 is 27.4 Å². The van der Waals surface area contributed by atoms with Crippen molar-refractivity contribution in [1.82, 2.24) is 30.9 Å². The molecular formula is C25H34N8O5. The number of aliphatic carboxylic acids is 1. The summed E-state index contributed by atoms with van der Waals surface area (Å²) >= 11 is 0. The molecule has 2 aromatic heterocycles. The molecule has 2 heterocycles. The van der Waals surface area contributed by atoms with Crippen molar-refractivity contribution in [2.45, 2.75) is 50.2 Å². The maximum absolute atomic E-state index is 13.3. The van der Waals surface area contributed by atoms with Crippen molar-refractivity contribution < 1.29 is 24.3 Å². The van der Waals surface area contributed by atoms with Crippen LogP contribution in [0.2, 0.25) is 0 Å². The van der Waals surface area contributed by atoms with Gasteiger partial charge < -0.3 is 42.5 Å². The van der Waals surface area contributed by atoms with E-state index in [1.807, 2.05) is 24.3 Å². The smallest absolute Gasteiger partial charge is 0.322 e. The fourth-order valence-electron chi connectivity index (χ4n) is 4.05. The Bertz CT molecular complexity index is 1230. The van der Waals surface area contributed by atoms with Crippen molar-refractivity contribution in [3.05, 3.63) is 54.2 Å². The lowest BCUT2D eigenvalue weighted by molar-refractivity contribution is -0.138. The fourth-order valence-corrected chi connectivity index (χ4v) is 4.05. The number of aromatic nitrogens is 3. The normalized spacial score (nSPS) is 13.4. The zero-order chi connectivity index (χ0) is 27.5. The van der Waals surface area contributed by atoms with E-state index in [0.29, 0.717) is 25.1 Å². The minimum absolute atomic E-state index is 0.0731. The number of unbranched alkanes of at least 4 members (excludes halogenated alkanes) is 1. The summed E-state index contributed by atoms with van der Waals surface area (Å²) in [5.74, 6) is -3.00. The molecule has 1 aromatic carbocycles. The number of hydrogen-bond donors (Lipinski definition) is 8. The molecule has 0 aliphatic rings. The molecule has 0 aliphatic carbocycles. The maximum Gasteiger partial charge on any atom is 0.322 e. The second-order valence-electron chi connectivity index (χ2n) is 8.97. The molecule has 13 heteroatoms. The third-order valence-electron chi connectivity index (χ3n) is 6.06. The molecule has 3 amide bonds. The Balaban J connectivity index is 1.71. The lowest BCUT2D eigenvalue weighted by atomic mass is 10.0. The van der Waals surface area contributed by atoms with Crippen molar-refractivity contribution in [3.8, 4) is 0 Å². The number of amides is 3. The van der Waals surface area contributed by atoms with Crippen LogP contribution in [-0.4, -0.2) is 75.0 Å². The number of hydrogen-bond acceptors (Lipinski definition) is 7.